The molecule has 1 aromatic carbocycles. The number of benzene rings is 1. The number of halogens is 2. The third-order valence-electron chi connectivity index (χ3n) is 1.95. The van der Waals surface area contributed by atoms with E-state index in [0.717, 1.165) is 0 Å². The Bertz CT molecular complexity index is 407. The van der Waals surface area contributed by atoms with Gasteiger partial charge in [0.05, 0.1) is 16.6 Å². The highest BCUT2D eigenvalue weighted by Crippen LogP contribution is 2.29. The van der Waals surface area contributed by atoms with Crippen LogP contribution in [0.3, 0.4) is 0 Å². The average molecular weight is 233 g/mol. The van der Waals surface area contributed by atoms with Gasteiger partial charge >= 0.3 is 0 Å². The van der Waals surface area contributed by atoms with E-state index in [0.29, 0.717) is 12.1 Å². The van der Waals surface area contributed by atoms with Crippen molar-refractivity contribution in [3.8, 4) is 0 Å². The molecule has 0 fully saturated rings. The summed E-state index contributed by atoms with van der Waals surface area (Å²) in [6.07, 6.45) is -1.12. The quantitative estimate of drug-likeness (QED) is 0.454. The lowest BCUT2D eigenvalue weighted by Crippen LogP contribution is -2.08. The maximum atomic E-state index is 12.9. The van der Waals surface area contributed by atoms with Crippen molar-refractivity contribution in [1.82, 2.24) is 0 Å². The average Bonchev–Trinajstić information content (AvgIpc) is 2.24. The molecule has 0 unspecified atom stereocenters. The molecule has 0 saturated carbocycles. The number of rotatable bonds is 4. The van der Waals surface area contributed by atoms with Crippen molar-refractivity contribution >= 4 is 5.69 Å². The zero-order valence-corrected chi connectivity index (χ0v) is 8.57. The van der Waals surface area contributed by atoms with Crippen LogP contribution in [0, 0.1) is 21.7 Å². The highest BCUT2D eigenvalue weighted by Gasteiger charge is 2.25. The summed E-state index contributed by atoms with van der Waals surface area (Å²) in [5, 5.41) is 10.6. The second-order valence-corrected chi connectivity index (χ2v) is 2.89. The van der Waals surface area contributed by atoms with Gasteiger partial charge in [-0.05, 0) is 6.07 Å². The molecule has 0 aliphatic heterocycles. The highest BCUT2D eigenvalue weighted by atomic mass is 19.2. The van der Waals surface area contributed by atoms with Crippen LogP contribution >= 0.6 is 0 Å². The Morgan fingerprint density at radius 3 is 2.19 bits per heavy atom. The fourth-order valence-corrected chi connectivity index (χ4v) is 1.25. The van der Waals surface area contributed by atoms with Crippen molar-refractivity contribution in [1.29, 1.82) is 0 Å². The van der Waals surface area contributed by atoms with Crippen molar-refractivity contribution in [3.63, 3.8) is 0 Å². The van der Waals surface area contributed by atoms with E-state index in [4.69, 9.17) is 9.47 Å². The Morgan fingerprint density at radius 1 is 1.25 bits per heavy atom. The Kier molecular flexibility index (Phi) is 3.86. The normalized spacial score (nSPS) is 10.8. The molecule has 0 aromatic heterocycles. The molecule has 0 N–H and O–H groups in total. The summed E-state index contributed by atoms with van der Waals surface area (Å²) in [6.45, 7) is 0. The summed E-state index contributed by atoms with van der Waals surface area (Å²) in [5.74, 6) is -2.49. The standard InChI is InChI=1S/C9H9F2NO4/c1-15-9(16-2)5-3-6(10)7(11)4-8(5)12(13)14/h3-4,9H,1-2H3. The first kappa shape index (κ1) is 12.5. The monoisotopic (exact) mass is 233 g/mol. The number of hydrogen-bond acceptors (Lipinski definition) is 4. The van der Waals surface area contributed by atoms with Gasteiger partial charge in [-0.1, -0.05) is 0 Å². The van der Waals surface area contributed by atoms with Crippen LogP contribution < -0.4 is 0 Å². The van der Waals surface area contributed by atoms with E-state index in [-0.39, 0.29) is 5.56 Å². The fourth-order valence-electron chi connectivity index (χ4n) is 1.25. The predicted octanol–water partition coefficient (Wildman–Crippen LogP) is 2.16. The molecular weight excluding hydrogens is 224 g/mol. The lowest BCUT2D eigenvalue weighted by Gasteiger charge is -2.13. The SMILES string of the molecule is COC(OC)c1cc(F)c(F)cc1[N+](=O)[O-]. The van der Waals surface area contributed by atoms with Gasteiger partial charge in [0.1, 0.15) is 0 Å². The largest absolute Gasteiger partial charge is 0.351 e. The molecule has 0 bridgehead atoms. The van der Waals surface area contributed by atoms with Crippen molar-refractivity contribution in [2.75, 3.05) is 14.2 Å². The summed E-state index contributed by atoms with van der Waals surface area (Å²) in [4.78, 5) is 9.80. The van der Waals surface area contributed by atoms with Gasteiger partial charge in [0, 0.05) is 14.2 Å². The van der Waals surface area contributed by atoms with E-state index < -0.39 is 28.5 Å². The molecule has 88 valence electrons. The van der Waals surface area contributed by atoms with Crippen LogP contribution in [-0.2, 0) is 9.47 Å². The Hall–Kier alpha value is -1.60. The van der Waals surface area contributed by atoms with Crippen molar-refractivity contribution in [3.05, 3.63) is 39.4 Å². The maximum absolute atomic E-state index is 12.9. The van der Waals surface area contributed by atoms with Gasteiger partial charge < -0.3 is 9.47 Å². The van der Waals surface area contributed by atoms with E-state index in [1.165, 1.54) is 14.2 Å². The smallest absolute Gasteiger partial charge is 0.280 e. The fraction of sp³-hybridized carbons (Fsp3) is 0.333. The first-order chi connectivity index (χ1) is 7.51. The number of nitro benzene ring substituents is 1. The second kappa shape index (κ2) is 4.95. The zero-order valence-electron chi connectivity index (χ0n) is 8.57. The Labute approximate surface area is 89.7 Å². The second-order valence-electron chi connectivity index (χ2n) is 2.89. The number of hydrogen-bond donors (Lipinski definition) is 0. The molecule has 1 aromatic rings. The number of nitrogens with zero attached hydrogens (tertiary/aromatic N) is 1. The van der Waals surface area contributed by atoms with Crippen LogP contribution in [0.5, 0.6) is 0 Å². The summed E-state index contributed by atoms with van der Waals surface area (Å²) in [5.41, 5.74) is -0.762. The highest BCUT2D eigenvalue weighted by molar-refractivity contribution is 5.41. The molecule has 0 atom stereocenters. The van der Waals surface area contributed by atoms with Crippen LogP contribution in [0.4, 0.5) is 14.5 Å². The lowest BCUT2D eigenvalue weighted by molar-refractivity contribution is -0.387. The summed E-state index contributed by atoms with van der Waals surface area (Å²) in [6, 6.07) is 1.18. The van der Waals surface area contributed by atoms with Crippen LogP contribution in [0.1, 0.15) is 11.9 Å². The first-order valence-electron chi connectivity index (χ1n) is 4.20. The van der Waals surface area contributed by atoms with E-state index >= 15 is 0 Å². The predicted molar refractivity (Wildman–Crippen MR) is 49.8 cm³/mol. The van der Waals surface area contributed by atoms with Gasteiger partial charge in [-0.2, -0.15) is 0 Å². The van der Waals surface area contributed by atoms with Crippen molar-refractivity contribution < 1.29 is 23.2 Å². The molecule has 0 aliphatic rings. The van der Waals surface area contributed by atoms with E-state index in [1.54, 1.807) is 0 Å². The molecule has 1 rings (SSSR count). The molecule has 0 saturated heterocycles. The minimum Gasteiger partial charge on any atom is -0.351 e. The van der Waals surface area contributed by atoms with Gasteiger partial charge in [0.2, 0.25) is 0 Å². The van der Waals surface area contributed by atoms with Gasteiger partial charge in [-0.25, -0.2) is 8.78 Å². The van der Waals surface area contributed by atoms with Crippen molar-refractivity contribution in [2.24, 2.45) is 0 Å². The molecule has 0 spiro atoms. The van der Waals surface area contributed by atoms with Crippen LogP contribution in [0.25, 0.3) is 0 Å². The summed E-state index contributed by atoms with van der Waals surface area (Å²) in [7, 11) is 2.47. The van der Waals surface area contributed by atoms with Gasteiger partial charge in [0.15, 0.2) is 17.9 Å². The lowest BCUT2D eigenvalue weighted by atomic mass is 10.1. The zero-order chi connectivity index (χ0) is 12.3. The molecule has 0 radical (unpaired) electrons. The van der Waals surface area contributed by atoms with E-state index in [2.05, 4.69) is 0 Å². The Morgan fingerprint density at radius 2 is 1.75 bits per heavy atom. The molecular formula is C9H9F2NO4. The molecule has 7 heteroatoms. The van der Waals surface area contributed by atoms with Crippen LogP contribution in [0.2, 0.25) is 0 Å². The first-order valence-corrected chi connectivity index (χ1v) is 4.20. The Balaban J connectivity index is 3.34. The van der Waals surface area contributed by atoms with Crippen molar-refractivity contribution in [2.45, 2.75) is 6.29 Å². The van der Waals surface area contributed by atoms with Gasteiger partial charge in [0.25, 0.3) is 5.69 Å². The van der Waals surface area contributed by atoms with E-state index in [9.17, 15) is 18.9 Å². The maximum Gasteiger partial charge on any atom is 0.280 e. The number of nitro groups is 1. The minimum absolute atomic E-state index is 0.172. The molecule has 16 heavy (non-hydrogen) atoms. The molecule has 0 aliphatic carbocycles. The minimum atomic E-state index is -1.29. The van der Waals surface area contributed by atoms with E-state index in [1.807, 2.05) is 0 Å². The molecule has 0 heterocycles. The molecule has 5 nitrogen and oxygen atoms in total. The van der Waals surface area contributed by atoms with Crippen LogP contribution in [0.15, 0.2) is 12.1 Å². The number of methoxy groups -OCH3 is 2. The summed E-state index contributed by atoms with van der Waals surface area (Å²) < 4.78 is 35.3. The molecule has 0 amide bonds. The third-order valence-corrected chi connectivity index (χ3v) is 1.95. The number of ether oxygens (including phenoxy) is 2. The third kappa shape index (κ3) is 2.31. The van der Waals surface area contributed by atoms with Gasteiger partial charge in [-0.15, -0.1) is 0 Å². The topological polar surface area (TPSA) is 61.6 Å². The summed E-state index contributed by atoms with van der Waals surface area (Å²) >= 11 is 0. The van der Waals surface area contributed by atoms with Crippen LogP contribution in [-0.4, -0.2) is 19.1 Å². The van der Waals surface area contributed by atoms with Gasteiger partial charge in [-0.3, -0.25) is 10.1 Å².